The summed E-state index contributed by atoms with van der Waals surface area (Å²) in [6.07, 6.45) is 0.509. The van der Waals surface area contributed by atoms with Crippen LogP contribution in [0.15, 0.2) is 77.9 Å². The summed E-state index contributed by atoms with van der Waals surface area (Å²) >= 11 is 12.0. The van der Waals surface area contributed by atoms with Gasteiger partial charge in [0.05, 0.1) is 31.0 Å². The van der Waals surface area contributed by atoms with E-state index in [1.807, 2.05) is 30.3 Å². The minimum absolute atomic E-state index is 0.253. The predicted molar refractivity (Wildman–Crippen MR) is 151 cm³/mol. The van der Waals surface area contributed by atoms with E-state index in [1.165, 1.54) is 32.6 Å². The van der Waals surface area contributed by atoms with E-state index in [1.54, 1.807) is 37.3 Å². The maximum atomic E-state index is 13.0. The average molecular weight is 567 g/mol. The zero-order valence-corrected chi connectivity index (χ0v) is 22.7. The number of halogens is 2. The number of amides is 1. The van der Waals surface area contributed by atoms with E-state index in [4.69, 9.17) is 42.1 Å². The number of rotatable bonds is 9. The van der Waals surface area contributed by atoms with Gasteiger partial charge in [-0.3, -0.25) is 4.79 Å². The summed E-state index contributed by atoms with van der Waals surface area (Å²) in [4.78, 5) is 25.6. The molecule has 0 spiro atoms. The molecule has 4 rings (SSSR count). The van der Waals surface area contributed by atoms with Crippen molar-refractivity contribution in [3.63, 3.8) is 0 Å². The van der Waals surface area contributed by atoms with Crippen molar-refractivity contribution in [1.82, 2.24) is 5.43 Å². The van der Waals surface area contributed by atoms with Crippen LogP contribution in [0.4, 0.5) is 0 Å². The molecular weight excluding hydrogens is 543 g/mol. The molecule has 200 valence electrons. The van der Waals surface area contributed by atoms with Gasteiger partial charge < -0.3 is 18.9 Å². The summed E-state index contributed by atoms with van der Waals surface area (Å²) in [7, 11) is 2.99. The number of ether oxygens (including phenoxy) is 4. The third-order valence-corrected chi connectivity index (χ3v) is 6.22. The van der Waals surface area contributed by atoms with Gasteiger partial charge in [0, 0.05) is 10.6 Å². The highest BCUT2D eigenvalue weighted by atomic mass is 35.5. The second-order valence-electron chi connectivity index (χ2n) is 8.23. The summed E-state index contributed by atoms with van der Waals surface area (Å²) in [6, 6.07) is 20.4. The molecule has 1 N–H and O–H groups in total. The number of methoxy groups -OCH3 is 2. The van der Waals surface area contributed by atoms with Crippen molar-refractivity contribution in [3.05, 3.63) is 94.0 Å². The molecule has 0 saturated carbocycles. The van der Waals surface area contributed by atoms with Crippen LogP contribution in [0.25, 0.3) is 10.8 Å². The van der Waals surface area contributed by atoms with Crippen molar-refractivity contribution >= 4 is 52.1 Å². The molecule has 1 atom stereocenters. The Morgan fingerprint density at radius 2 is 1.59 bits per heavy atom. The minimum atomic E-state index is -0.907. The summed E-state index contributed by atoms with van der Waals surface area (Å²) < 4.78 is 21.9. The van der Waals surface area contributed by atoms with Gasteiger partial charge in [0.25, 0.3) is 5.91 Å². The van der Waals surface area contributed by atoms with E-state index < -0.39 is 18.0 Å². The van der Waals surface area contributed by atoms with Crippen LogP contribution in [0.3, 0.4) is 0 Å². The number of hydrogen-bond acceptors (Lipinski definition) is 7. The quantitative estimate of drug-likeness (QED) is 0.110. The van der Waals surface area contributed by atoms with Gasteiger partial charge >= 0.3 is 5.97 Å². The van der Waals surface area contributed by atoms with E-state index in [9.17, 15) is 9.59 Å². The third kappa shape index (κ3) is 6.60. The van der Waals surface area contributed by atoms with Gasteiger partial charge in [-0.05, 0) is 60.2 Å². The van der Waals surface area contributed by atoms with Crippen LogP contribution < -0.4 is 24.4 Å². The highest BCUT2D eigenvalue weighted by molar-refractivity contribution is 6.35. The topological polar surface area (TPSA) is 95.5 Å². The Hall–Kier alpha value is -4.27. The van der Waals surface area contributed by atoms with Crippen LogP contribution >= 0.6 is 23.2 Å². The predicted octanol–water partition coefficient (Wildman–Crippen LogP) is 6.30. The van der Waals surface area contributed by atoms with E-state index in [0.29, 0.717) is 27.8 Å². The Balaban J connectivity index is 1.55. The zero-order valence-electron chi connectivity index (χ0n) is 21.2. The molecule has 0 fully saturated rings. The maximum absolute atomic E-state index is 13.0. The fourth-order valence-electron chi connectivity index (χ4n) is 3.69. The van der Waals surface area contributed by atoms with E-state index in [0.717, 1.165) is 10.8 Å². The Morgan fingerprint density at radius 3 is 2.33 bits per heavy atom. The van der Waals surface area contributed by atoms with Gasteiger partial charge in [-0.15, -0.1) is 0 Å². The summed E-state index contributed by atoms with van der Waals surface area (Å²) in [5.74, 6) is 0.328. The summed E-state index contributed by atoms with van der Waals surface area (Å²) in [6.45, 7) is 1.56. The van der Waals surface area contributed by atoms with Crippen molar-refractivity contribution < 1.29 is 28.5 Å². The molecule has 0 aliphatic carbocycles. The number of hydrogen-bond donors (Lipinski definition) is 1. The first-order valence-electron chi connectivity index (χ1n) is 11.7. The highest BCUT2D eigenvalue weighted by Crippen LogP contribution is 2.31. The van der Waals surface area contributed by atoms with Gasteiger partial charge in [-0.25, -0.2) is 10.2 Å². The zero-order chi connectivity index (χ0) is 27.9. The van der Waals surface area contributed by atoms with Gasteiger partial charge in [0.1, 0.15) is 11.5 Å². The van der Waals surface area contributed by atoms with E-state index in [2.05, 4.69) is 10.5 Å². The average Bonchev–Trinajstić information content (AvgIpc) is 2.94. The van der Waals surface area contributed by atoms with Gasteiger partial charge in [0.2, 0.25) is 0 Å². The maximum Gasteiger partial charge on any atom is 0.343 e. The number of carbonyl (C=O) groups is 2. The van der Waals surface area contributed by atoms with Crippen molar-refractivity contribution in [2.45, 2.75) is 13.0 Å². The minimum Gasteiger partial charge on any atom is -0.493 e. The lowest BCUT2D eigenvalue weighted by Crippen LogP contribution is -2.33. The van der Waals surface area contributed by atoms with Crippen LogP contribution in [-0.2, 0) is 4.79 Å². The molecule has 4 aromatic rings. The summed E-state index contributed by atoms with van der Waals surface area (Å²) in [5.41, 5.74) is 3.22. The van der Waals surface area contributed by atoms with E-state index >= 15 is 0 Å². The van der Waals surface area contributed by atoms with Crippen LogP contribution in [0.1, 0.15) is 22.8 Å². The lowest BCUT2D eigenvalue weighted by Gasteiger charge is -2.14. The number of carbonyl (C=O) groups excluding carboxylic acids is 2. The molecule has 0 bridgehead atoms. The van der Waals surface area contributed by atoms with Crippen molar-refractivity contribution in [1.29, 1.82) is 0 Å². The van der Waals surface area contributed by atoms with Crippen LogP contribution in [0.5, 0.6) is 23.0 Å². The van der Waals surface area contributed by atoms with Gasteiger partial charge in [0.15, 0.2) is 17.6 Å². The number of esters is 1. The Bertz CT molecular complexity index is 1560. The fourth-order valence-corrected chi connectivity index (χ4v) is 4.14. The third-order valence-electron chi connectivity index (χ3n) is 5.69. The Kier molecular flexibility index (Phi) is 8.91. The number of nitrogens with zero attached hydrogens (tertiary/aromatic N) is 1. The van der Waals surface area contributed by atoms with Gasteiger partial charge in [-0.1, -0.05) is 53.5 Å². The normalized spacial score (nSPS) is 11.7. The number of nitrogens with one attached hydrogen (secondary N) is 1. The molecule has 0 unspecified atom stereocenters. The molecule has 0 saturated heterocycles. The molecule has 0 heterocycles. The van der Waals surface area contributed by atoms with Crippen molar-refractivity contribution in [3.8, 4) is 23.0 Å². The molecule has 39 heavy (non-hydrogen) atoms. The first-order chi connectivity index (χ1) is 18.8. The lowest BCUT2D eigenvalue weighted by atomic mass is 10.0. The first kappa shape index (κ1) is 27.8. The highest BCUT2D eigenvalue weighted by Gasteiger charge is 2.18. The number of benzene rings is 4. The molecule has 0 radical (unpaired) electrons. The molecule has 8 nitrogen and oxygen atoms in total. The smallest absolute Gasteiger partial charge is 0.343 e. The second kappa shape index (κ2) is 12.5. The largest absolute Gasteiger partial charge is 0.493 e. The van der Waals surface area contributed by atoms with E-state index in [-0.39, 0.29) is 16.3 Å². The van der Waals surface area contributed by atoms with Crippen molar-refractivity contribution in [2.75, 3.05) is 14.2 Å². The SMILES string of the molecule is COc1ccc(C(=O)Oc2ccc3ccccc3c2/C=N\NC(=O)[C@@H](C)Oc2ccc(Cl)cc2Cl)cc1OC. The van der Waals surface area contributed by atoms with Crippen LogP contribution in [-0.4, -0.2) is 38.4 Å². The number of fused-ring (bicyclic) bond motifs is 1. The van der Waals surface area contributed by atoms with Crippen molar-refractivity contribution in [2.24, 2.45) is 5.10 Å². The van der Waals surface area contributed by atoms with Gasteiger partial charge in [-0.2, -0.15) is 5.10 Å². The summed E-state index contributed by atoms with van der Waals surface area (Å²) in [5, 5.41) is 6.49. The molecule has 0 aliphatic heterocycles. The Labute approximate surface area is 235 Å². The molecule has 10 heteroatoms. The molecule has 1 amide bonds. The molecular formula is C29H24Cl2N2O6. The molecule has 0 aliphatic rings. The number of hydrazone groups is 1. The molecule has 0 aromatic heterocycles. The Morgan fingerprint density at radius 1 is 0.872 bits per heavy atom. The van der Waals surface area contributed by atoms with Crippen LogP contribution in [0.2, 0.25) is 10.0 Å². The lowest BCUT2D eigenvalue weighted by molar-refractivity contribution is -0.127. The van der Waals surface area contributed by atoms with Crippen LogP contribution in [0, 0.1) is 0 Å². The fraction of sp³-hybridized carbons (Fsp3) is 0.138. The standard InChI is InChI=1S/C29H24Cl2N2O6/c1-17(38-25-13-10-20(30)15-23(25)31)28(34)33-32-16-22-21-7-5-4-6-18(21)8-11-24(22)39-29(35)19-9-12-26(36-2)27(14-19)37-3/h4-17H,1-3H3,(H,33,34)/b32-16-/t17-/m1/s1. The molecule has 4 aromatic carbocycles. The monoisotopic (exact) mass is 566 g/mol. The second-order valence-corrected chi connectivity index (χ2v) is 9.07. The first-order valence-corrected chi connectivity index (χ1v) is 12.5.